The molecule has 4 aromatic rings. The zero-order valence-corrected chi connectivity index (χ0v) is 27.7. The normalized spacial score (nSPS) is 12.9. The Bertz CT molecular complexity index is 1610. The molecule has 0 saturated carbocycles. The van der Waals surface area contributed by atoms with E-state index in [9.17, 15) is 24.2 Å². The van der Waals surface area contributed by atoms with Crippen molar-refractivity contribution < 1.29 is 28.9 Å². The van der Waals surface area contributed by atoms with Crippen molar-refractivity contribution >= 4 is 17.6 Å². The fourth-order valence-electron chi connectivity index (χ4n) is 6.04. The van der Waals surface area contributed by atoms with E-state index in [1.54, 1.807) is 26.0 Å². The molecule has 0 fully saturated rings. The van der Waals surface area contributed by atoms with Gasteiger partial charge in [-0.05, 0) is 79.1 Å². The maximum absolute atomic E-state index is 14.4. The highest BCUT2D eigenvalue weighted by atomic mass is 19.1. The predicted octanol–water partition coefficient (Wildman–Crippen LogP) is 8.17. The molecule has 0 saturated heterocycles. The van der Waals surface area contributed by atoms with Gasteiger partial charge >= 0.3 is 5.97 Å². The lowest BCUT2D eigenvalue weighted by molar-refractivity contribution is -0.155. The number of hydrogen-bond donors (Lipinski definition) is 3. The van der Waals surface area contributed by atoms with Crippen LogP contribution in [0.4, 0.5) is 10.1 Å². The molecule has 248 valence electrons. The van der Waals surface area contributed by atoms with E-state index in [0.717, 1.165) is 40.9 Å². The number of nitrogens with one attached hydrogen (secondary N) is 1. The molecular formula is C39H46FN2O5+. The summed E-state index contributed by atoms with van der Waals surface area (Å²) in [6, 6.07) is 25.2. The molecule has 0 aliphatic heterocycles. The van der Waals surface area contributed by atoms with Gasteiger partial charge in [0, 0.05) is 37.3 Å². The van der Waals surface area contributed by atoms with E-state index in [1.165, 1.54) is 12.1 Å². The summed E-state index contributed by atoms with van der Waals surface area (Å²) in [7, 11) is 0. The van der Waals surface area contributed by atoms with Gasteiger partial charge in [0.05, 0.1) is 29.9 Å². The summed E-state index contributed by atoms with van der Waals surface area (Å²) in [6.07, 6.45) is -0.604. The number of benzene rings is 3. The molecule has 7 nitrogen and oxygen atoms in total. The summed E-state index contributed by atoms with van der Waals surface area (Å²) in [5.74, 6) is -1.24. The van der Waals surface area contributed by atoms with Gasteiger partial charge in [0.2, 0.25) is 5.60 Å². The van der Waals surface area contributed by atoms with Gasteiger partial charge in [-0.1, -0.05) is 62.4 Å². The number of aliphatic hydroxyl groups is 2. The molecule has 0 aliphatic rings. The van der Waals surface area contributed by atoms with Crippen LogP contribution in [0.1, 0.15) is 81.8 Å². The maximum atomic E-state index is 14.4. The quantitative estimate of drug-likeness (QED) is 0.0898. The number of halogens is 1. The Hall–Kier alpha value is -4.40. The minimum atomic E-state index is -1.10. The number of nitrogens with zero attached hydrogens (tertiary/aromatic N) is 1. The minimum Gasteiger partial charge on any atom is -0.419 e. The lowest BCUT2D eigenvalue weighted by atomic mass is 9.91. The molecule has 2 unspecified atom stereocenters. The van der Waals surface area contributed by atoms with Gasteiger partial charge in [-0.2, -0.15) is 0 Å². The largest absolute Gasteiger partial charge is 0.419 e. The highest BCUT2D eigenvalue weighted by Crippen LogP contribution is 2.44. The van der Waals surface area contributed by atoms with E-state index in [4.69, 9.17) is 4.74 Å². The number of esters is 1. The third kappa shape index (κ3) is 9.33. The van der Waals surface area contributed by atoms with E-state index < -0.39 is 23.8 Å². The van der Waals surface area contributed by atoms with Crippen LogP contribution in [-0.4, -0.2) is 44.5 Å². The summed E-state index contributed by atoms with van der Waals surface area (Å²) in [5, 5.41) is 24.8. The number of para-hydroxylation sites is 1. The Morgan fingerprint density at radius 2 is 1.49 bits per heavy atom. The van der Waals surface area contributed by atoms with E-state index in [-0.39, 0.29) is 36.9 Å². The van der Waals surface area contributed by atoms with Crippen molar-refractivity contribution in [2.24, 2.45) is 0 Å². The number of carbonyl (C=O) groups is 2. The average Bonchev–Trinajstić information content (AvgIpc) is 3.36. The van der Waals surface area contributed by atoms with Gasteiger partial charge in [-0.25, -0.2) is 4.39 Å². The van der Waals surface area contributed by atoms with E-state index in [0.29, 0.717) is 17.8 Å². The van der Waals surface area contributed by atoms with Gasteiger partial charge in [-0.3, -0.25) is 9.59 Å². The van der Waals surface area contributed by atoms with E-state index >= 15 is 0 Å². The zero-order chi connectivity index (χ0) is 34.1. The van der Waals surface area contributed by atoms with Crippen LogP contribution < -0.4 is 5.32 Å². The molecule has 0 radical (unpaired) electrons. The summed E-state index contributed by atoms with van der Waals surface area (Å²) in [6.45, 7) is 11.5. The average molecular weight is 642 g/mol. The second-order valence-corrected chi connectivity index (χ2v) is 12.6. The van der Waals surface area contributed by atoms with Gasteiger partial charge in [0.1, 0.15) is 12.7 Å². The lowest BCUT2D eigenvalue weighted by Crippen LogP contribution is -2.28. The first kappa shape index (κ1) is 35.5. The first-order chi connectivity index (χ1) is 22.4. The van der Waals surface area contributed by atoms with Crippen LogP contribution in [-0.2, 0) is 16.1 Å². The number of rotatable bonds is 15. The van der Waals surface area contributed by atoms with Crippen molar-refractivity contribution in [1.29, 1.82) is 0 Å². The third-order valence-electron chi connectivity index (χ3n) is 8.14. The summed E-state index contributed by atoms with van der Waals surface area (Å²) >= 11 is 0. The highest BCUT2D eigenvalue weighted by molar-refractivity contribution is 6.12. The van der Waals surface area contributed by atoms with Crippen molar-refractivity contribution in [1.82, 2.24) is 4.57 Å². The molecule has 0 bridgehead atoms. The van der Waals surface area contributed by atoms with Crippen molar-refractivity contribution in [2.45, 2.75) is 90.1 Å². The monoisotopic (exact) mass is 641 g/mol. The highest BCUT2D eigenvalue weighted by Gasteiger charge is 2.32. The van der Waals surface area contributed by atoms with Gasteiger partial charge in [0.25, 0.3) is 5.91 Å². The van der Waals surface area contributed by atoms with Crippen LogP contribution >= 0.6 is 0 Å². The fourth-order valence-corrected chi connectivity index (χ4v) is 6.04. The molecule has 3 N–H and O–H groups in total. The molecule has 4 rings (SSSR count). The molecular weight excluding hydrogens is 595 g/mol. The van der Waals surface area contributed by atoms with Crippen LogP contribution in [0, 0.1) is 12.7 Å². The molecule has 0 spiro atoms. The number of anilines is 1. The summed E-state index contributed by atoms with van der Waals surface area (Å²) < 4.78 is 21.5. The van der Waals surface area contributed by atoms with Crippen LogP contribution in [0.5, 0.6) is 0 Å². The number of ether oxygens (including phenoxy) is 1. The predicted molar refractivity (Wildman–Crippen MR) is 184 cm³/mol. The number of hydrogen-bond acceptors (Lipinski definition) is 5. The molecule has 1 aromatic heterocycles. The molecule has 0 aliphatic carbocycles. The number of aliphatic hydroxyl groups excluding tert-OH is 2. The Morgan fingerprint density at radius 3 is 2.06 bits per heavy atom. The van der Waals surface area contributed by atoms with Crippen molar-refractivity contribution in [3.05, 3.63) is 109 Å². The molecule has 1 amide bonds. The summed E-state index contributed by atoms with van der Waals surface area (Å²) in [4.78, 5) is 26.6. The SMILES string of the molecule is [CH2+]C(C)(C)OC(=O)CC(O)CC(O)CCn1c(-c2ccc(F)cc2)c(-c2ccccc2)c(C(=O)Nc2ccccc2)c1C(CC)CC. The van der Waals surface area contributed by atoms with Crippen molar-refractivity contribution in [2.75, 3.05) is 5.32 Å². The Morgan fingerprint density at radius 1 is 0.894 bits per heavy atom. The molecule has 1 heterocycles. The van der Waals surface area contributed by atoms with E-state index in [2.05, 4.69) is 30.7 Å². The Balaban J connectivity index is 1.83. The number of aromatic nitrogens is 1. The van der Waals surface area contributed by atoms with E-state index in [1.807, 2.05) is 60.7 Å². The summed E-state index contributed by atoms with van der Waals surface area (Å²) in [5.41, 5.74) is 4.12. The first-order valence-electron chi connectivity index (χ1n) is 16.3. The zero-order valence-electron chi connectivity index (χ0n) is 27.7. The Labute approximate surface area is 277 Å². The van der Waals surface area contributed by atoms with Crippen LogP contribution in [0.15, 0.2) is 84.9 Å². The molecule has 8 heteroatoms. The standard InChI is InChI=1S/C39H45FN2O5/c1-6-26(7-2)36-35(38(46)41-30-16-12-9-13-17-30)34(27-14-10-8-11-15-27)37(28-18-20-29(40)21-19-28)42(36)23-22-31(43)24-32(44)25-33(45)47-39(3,4)5/h8-21,26,31-32,43-44H,3,6-7,22-25H2,1-2,4-5H3/p+1. The second kappa shape index (κ2) is 15.9. The molecule has 3 aromatic carbocycles. The first-order valence-corrected chi connectivity index (χ1v) is 16.3. The maximum Gasteiger partial charge on any atom is 0.312 e. The topological polar surface area (TPSA) is 101 Å². The Kier molecular flexibility index (Phi) is 12.0. The minimum absolute atomic E-state index is 0.00769. The smallest absolute Gasteiger partial charge is 0.312 e. The third-order valence-corrected chi connectivity index (χ3v) is 8.14. The molecule has 47 heavy (non-hydrogen) atoms. The van der Waals surface area contributed by atoms with Crippen LogP contribution in [0.2, 0.25) is 0 Å². The van der Waals surface area contributed by atoms with Gasteiger partial charge in [-0.15, -0.1) is 0 Å². The second-order valence-electron chi connectivity index (χ2n) is 12.6. The molecule has 2 atom stereocenters. The van der Waals surface area contributed by atoms with Crippen molar-refractivity contribution in [3.63, 3.8) is 0 Å². The number of carbonyl (C=O) groups excluding carboxylic acids is 2. The lowest BCUT2D eigenvalue weighted by Gasteiger charge is -2.22. The van der Waals surface area contributed by atoms with Gasteiger partial charge < -0.3 is 24.8 Å². The van der Waals surface area contributed by atoms with Crippen molar-refractivity contribution in [3.8, 4) is 22.4 Å². The number of amides is 1. The van der Waals surface area contributed by atoms with Gasteiger partial charge in [0.15, 0.2) is 0 Å². The fraction of sp³-hybridized carbons (Fsp3) is 0.359. The van der Waals surface area contributed by atoms with Crippen LogP contribution in [0.3, 0.4) is 0 Å². The van der Waals surface area contributed by atoms with Crippen LogP contribution in [0.25, 0.3) is 22.4 Å².